The molecule has 2 aliphatic rings. The van der Waals surface area contributed by atoms with E-state index in [0.29, 0.717) is 56.3 Å². The smallest absolute Gasteiger partial charge is 0.294 e. The summed E-state index contributed by atoms with van der Waals surface area (Å²) in [5.74, 6) is 1.44. The number of nitrogens with zero attached hydrogens (tertiary/aromatic N) is 2. The summed E-state index contributed by atoms with van der Waals surface area (Å²) in [5.41, 5.74) is 5.19. The molecule has 2 aliphatic heterocycles. The number of rotatable bonds is 23. The van der Waals surface area contributed by atoms with Crippen molar-refractivity contribution in [2.75, 3.05) is 36.8 Å². The van der Waals surface area contributed by atoms with E-state index in [4.69, 9.17) is 6.42 Å². The van der Waals surface area contributed by atoms with E-state index >= 15 is 0 Å². The molecule has 2 unspecified atom stereocenters. The average Bonchev–Trinajstić information content (AvgIpc) is 3.54. The Balaban J connectivity index is 1.65. The molecule has 2 heterocycles. The first kappa shape index (κ1) is 51.0. The molecule has 0 saturated carbocycles. The van der Waals surface area contributed by atoms with E-state index in [1.54, 1.807) is 6.07 Å². The van der Waals surface area contributed by atoms with Crippen molar-refractivity contribution in [1.82, 2.24) is 10.6 Å². The van der Waals surface area contributed by atoms with Gasteiger partial charge in [0.1, 0.15) is 11.8 Å². The second-order valence-electron chi connectivity index (χ2n) is 16.9. The largest absolute Gasteiger partial charge is 0.355 e. The van der Waals surface area contributed by atoms with Gasteiger partial charge in [0.05, 0.1) is 22.6 Å². The molecule has 0 aromatic heterocycles. The van der Waals surface area contributed by atoms with Crippen LogP contribution in [0, 0.1) is 19.3 Å². The number of nitrogens with one attached hydrogen (secondary N) is 2. The molecule has 2 atom stereocenters. The molecule has 2 aromatic rings. The van der Waals surface area contributed by atoms with Gasteiger partial charge < -0.3 is 15.5 Å². The van der Waals surface area contributed by atoms with Crippen LogP contribution in [0.2, 0.25) is 0 Å². The fraction of sp³-hybridized carbons (Fsp3) is 0.489. The number of hydrogen-bond acceptors (Lipinski definition) is 9. The minimum absolute atomic E-state index is 0.0727. The quantitative estimate of drug-likeness (QED) is 0.0287. The lowest BCUT2D eigenvalue weighted by Crippen LogP contribution is -2.34. The fourth-order valence-electron chi connectivity index (χ4n) is 8.17. The van der Waals surface area contributed by atoms with Gasteiger partial charge in [-0.2, -0.15) is 29.8 Å². The highest BCUT2D eigenvalue weighted by Crippen LogP contribution is 2.51. The zero-order chi connectivity index (χ0) is 46.8. The molecule has 0 aliphatic carbocycles. The van der Waals surface area contributed by atoms with Crippen molar-refractivity contribution >= 4 is 59.3 Å². The van der Waals surface area contributed by atoms with Gasteiger partial charge in [0.2, 0.25) is 17.5 Å². The second kappa shape index (κ2) is 21.4. The van der Waals surface area contributed by atoms with Crippen molar-refractivity contribution in [3.05, 3.63) is 89.2 Å². The summed E-state index contributed by atoms with van der Waals surface area (Å²) in [6.45, 7) is 10.4. The Morgan fingerprint density at radius 2 is 1.54 bits per heavy atom. The van der Waals surface area contributed by atoms with Gasteiger partial charge in [0, 0.05) is 66.9 Å². The van der Waals surface area contributed by atoms with Crippen molar-refractivity contribution in [3.63, 3.8) is 0 Å². The van der Waals surface area contributed by atoms with Crippen LogP contribution in [0.4, 0.5) is 11.4 Å². The molecule has 0 spiro atoms. The molecule has 2 aromatic carbocycles. The van der Waals surface area contributed by atoms with Gasteiger partial charge in [-0.1, -0.05) is 48.6 Å². The number of aryl methyl sites for hydroxylation is 1. The van der Waals surface area contributed by atoms with Crippen LogP contribution in [0.15, 0.2) is 77.4 Å². The van der Waals surface area contributed by atoms with E-state index < -0.39 is 46.8 Å². The number of benzene rings is 2. The van der Waals surface area contributed by atoms with Gasteiger partial charge in [-0.15, -0.1) is 6.42 Å². The maximum Gasteiger partial charge on any atom is 0.294 e. The van der Waals surface area contributed by atoms with E-state index in [1.807, 2.05) is 49.1 Å². The minimum atomic E-state index is -4.56. The Bertz CT molecular complexity index is 2540. The number of amides is 2. The fourth-order valence-corrected chi connectivity index (χ4v) is 9.47. The lowest BCUT2D eigenvalue weighted by Gasteiger charge is -2.30. The standard InChI is InChI=1S/C45H60N4O11S3/c1-7-26-46-42(50)19-12-9-14-25-45(6)37-31-35(63(58,59)60)22-24-39(37)49(28-16-29-61(52,53)54)41(45)18-11-8-10-17-40-44(4,5)36-30-33(2)21-23-38(36)48(40)27-15-13-20-43(51)47-32-34(3)62(55,56)57/h1,8,10-11,17-18,21-24,30-31,34H,9,12-16,19-20,25-29,32H2,2-6H3,(H4-,46,47,50,51,52,53,54,55,56,57,58,59,60)/p+1. The molecule has 63 heavy (non-hydrogen) atoms. The molecule has 4 rings (SSSR count). The zero-order valence-electron chi connectivity index (χ0n) is 36.6. The molecular weight excluding hydrogens is 869 g/mol. The van der Waals surface area contributed by atoms with E-state index in [-0.39, 0.29) is 61.0 Å². The van der Waals surface area contributed by atoms with E-state index in [0.717, 1.165) is 28.2 Å². The number of carbonyl (C=O) groups excluding carboxylic acids is 2. The van der Waals surface area contributed by atoms with Gasteiger partial charge in [-0.25, -0.2) is 0 Å². The highest BCUT2D eigenvalue weighted by Gasteiger charge is 2.45. The lowest BCUT2D eigenvalue weighted by molar-refractivity contribution is -0.438. The van der Waals surface area contributed by atoms with Gasteiger partial charge in [0.25, 0.3) is 30.4 Å². The third-order valence-corrected chi connectivity index (χ3v) is 14.5. The summed E-state index contributed by atoms with van der Waals surface area (Å²) in [4.78, 5) is 26.2. The van der Waals surface area contributed by atoms with Crippen LogP contribution < -0.4 is 15.5 Å². The molecule has 2 amide bonds. The number of hydrogen-bond donors (Lipinski definition) is 5. The van der Waals surface area contributed by atoms with Gasteiger partial charge in [0.15, 0.2) is 5.71 Å². The first-order valence-electron chi connectivity index (χ1n) is 21.0. The molecule has 15 nitrogen and oxygen atoms in total. The Hall–Kier alpha value is -4.64. The molecule has 0 radical (unpaired) electrons. The van der Waals surface area contributed by atoms with Crippen molar-refractivity contribution < 1.29 is 53.1 Å². The van der Waals surface area contributed by atoms with Crippen molar-refractivity contribution in [2.24, 2.45) is 0 Å². The topological polar surface area (TPSA) is 228 Å². The number of terminal acetylenes is 1. The Morgan fingerprint density at radius 3 is 2.19 bits per heavy atom. The average molecular weight is 930 g/mol. The number of carbonyl (C=O) groups is 2. The zero-order valence-corrected chi connectivity index (χ0v) is 39.1. The number of fused-ring (bicyclic) bond motifs is 2. The summed E-state index contributed by atoms with van der Waals surface area (Å²) < 4.78 is 102. The highest BCUT2D eigenvalue weighted by molar-refractivity contribution is 7.86. The maximum absolute atomic E-state index is 12.5. The number of allylic oxidation sites excluding steroid dienone is 6. The molecule has 0 fully saturated rings. The second-order valence-corrected chi connectivity index (χ2v) is 21.7. The minimum Gasteiger partial charge on any atom is -0.355 e. The van der Waals surface area contributed by atoms with Crippen LogP contribution >= 0.6 is 0 Å². The van der Waals surface area contributed by atoms with E-state index in [1.165, 1.54) is 19.1 Å². The van der Waals surface area contributed by atoms with Crippen molar-refractivity contribution in [3.8, 4) is 12.3 Å². The van der Waals surface area contributed by atoms with E-state index in [9.17, 15) is 48.5 Å². The summed E-state index contributed by atoms with van der Waals surface area (Å²) in [6, 6.07) is 10.7. The van der Waals surface area contributed by atoms with Crippen LogP contribution in [0.25, 0.3) is 0 Å². The van der Waals surface area contributed by atoms with Crippen LogP contribution in [-0.4, -0.2) is 98.2 Å². The van der Waals surface area contributed by atoms with Gasteiger partial charge >= 0.3 is 0 Å². The lowest BCUT2D eigenvalue weighted by atomic mass is 9.77. The van der Waals surface area contributed by atoms with Crippen LogP contribution in [0.5, 0.6) is 0 Å². The van der Waals surface area contributed by atoms with Crippen LogP contribution in [0.3, 0.4) is 0 Å². The van der Waals surface area contributed by atoms with Crippen LogP contribution in [-0.2, 0) is 50.8 Å². The predicted molar refractivity (Wildman–Crippen MR) is 245 cm³/mol. The number of anilines is 1. The highest BCUT2D eigenvalue weighted by atomic mass is 32.2. The molecule has 344 valence electrons. The van der Waals surface area contributed by atoms with Gasteiger partial charge in [-0.05, 0) is 96.2 Å². The molecule has 18 heteroatoms. The van der Waals surface area contributed by atoms with Gasteiger partial charge in [-0.3, -0.25) is 23.2 Å². The molecule has 0 saturated heterocycles. The molecule has 0 bridgehead atoms. The normalized spacial score (nSPS) is 18.5. The SMILES string of the molecule is C#CCNC(=O)CCCCCC1(C)C(=CC=CC=CC2=[N+](CCCCC(=O)NCC(C)S(=O)(=O)O)c3ccc(C)cc3C2(C)C)N(CCCS(=O)(=O)O)c2ccc(S(=O)(=O)O)cc21. The first-order chi connectivity index (χ1) is 29.4. The predicted octanol–water partition coefficient (Wildman–Crippen LogP) is 5.93. The van der Waals surface area contributed by atoms with Crippen molar-refractivity contribution in [2.45, 2.75) is 113 Å². The molecular formula is C45H61N4O11S3+. The first-order valence-corrected chi connectivity index (χ1v) is 25.5. The summed E-state index contributed by atoms with van der Waals surface area (Å²) >= 11 is 0. The van der Waals surface area contributed by atoms with Crippen molar-refractivity contribution in [1.29, 1.82) is 0 Å². The van der Waals surface area contributed by atoms with E-state index in [2.05, 4.69) is 53.2 Å². The molecule has 5 N–H and O–H groups in total. The Morgan fingerprint density at radius 1 is 0.857 bits per heavy atom. The third-order valence-electron chi connectivity index (χ3n) is 11.7. The number of unbranched alkanes of at least 4 members (excludes halogenated alkanes) is 3. The summed E-state index contributed by atoms with van der Waals surface area (Å²) in [5, 5.41) is 4.12. The summed E-state index contributed by atoms with van der Waals surface area (Å²) in [7, 11) is -13.1. The Labute approximate surface area is 373 Å². The Kier molecular flexibility index (Phi) is 17.3. The monoisotopic (exact) mass is 929 g/mol. The summed E-state index contributed by atoms with van der Waals surface area (Å²) in [6.07, 6.45) is 19.1. The third kappa shape index (κ3) is 13.7. The van der Waals surface area contributed by atoms with Crippen LogP contribution in [0.1, 0.15) is 102 Å². The maximum atomic E-state index is 12.5.